The van der Waals surface area contributed by atoms with Crippen molar-refractivity contribution >= 4 is 23.7 Å². The van der Waals surface area contributed by atoms with Gasteiger partial charge in [-0.3, -0.25) is 4.79 Å². The molecule has 2 aromatic rings. The Bertz CT molecular complexity index is 826. The first-order valence-electron chi connectivity index (χ1n) is 8.04. The third-order valence-electron chi connectivity index (χ3n) is 3.59. The first kappa shape index (κ1) is 20.4. The van der Waals surface area contributed by atoms with Gasteiger partial charge >= 0.3 is 0 Å². The summed E-state index contributed by atoms with van der Waals surface area (Å²) in [4.78, 5) is 12.1. The predicted octanol–water partition coefficient (Wildman–Crippen LogP) is 3.28. The van der Waals surface area contributed by atoms with Crippen LogP contribution in [-0.2, 0) is 4.79 Å². The van der Waals surface area contributed by atoms with Crippen LogP contribution in [-0.4, -0.2) is 39.6 Å². The van der Waals surface area contributed by atoms with Crippen molar-refractivity contribution in [3.63, 3.8) is 0 Å². The summed E-state index contributed by atoms with van der Waals surface area (Å²) in [5.41, 5.74) is 3.04. The second kappa shape index (κ2) is 9.68. The van der Waals surface area contributed by atoms with Gasteiger partial charge in [0.2, 0.25) is 5.75 Å². The van der Waals surface area contributed by atoms with Crippen molar-refractivity contribution in [3.8, 4) is 23.0 Å². The maximum atomic E-state index is 12.1. The van der Waals surface area contributed by atoms with Crippen LogP contribution in [0.25, 0.3) is 0 Å². The molecule has 2 rings (SSSR count). The van der Waals surface area contributed by atoms with E-state index >= 15 is 0 Å². The summed E-state index contributed by atoms with van der Waals surface area (Å²) in [5.74, 6) is 1.49. The van der Waals surface area contributed by atoms with E-state index in [1.807, 2.05) is 0 Å². The summed E-state index contributed by atoms with van der Waals surface area (Å²) in [7, 11) is 4.55. The Labute approximate surface area is 162 Å². The van der Waals surface area contributed by atoms with E-state index in [1.165, 1.54) is 27.5 Å². The molecule has 0 saturated heterocycles. The van der Waals surface area contributed by atoms with Crippen molar-refractivity contribution in [2.45, 2.75) is 13.0 Å². The highest BCUT2D eigenvalue weighted by molar-refractivity contribution is 6.30. The largest absolute Gasteiger partial charge is 0.493 e. The fraction of sp³-hybridized carbons (Fsp3) is 0.263. The Balaban J connectivity index is 2.05. The van der Waals surface area contributed by atoms with Gasteiger partial charge < -0.3 is 18.9 Å². The zero-order valence-electron chi connectivity index (χ0n) is 15.5. The number of nitrogens with zero attached hydrogens (tertiary/aromatic N) is 1. The Kier molecular flexibility index (Phi) is 7.31. The lowest BCUT2D eigenvalue weighted by molar-refractivity contribution is -0.127. The van der Waals surface area contributed by atoms with E-state index in [2.05, 4.69) is 10.5 Å². The van der Waals surface area contributed by atoms with Crippen molar-refractivity contribution in [1.82, 2.24) is 5.43 Å². The van der Waals surface area contributed by atoms with Gasteiger partial charge in [-0.05, 0) is 37.3 Å². The van der Waals surface area contributed by atoms with Crippen LogP contribution in [0.15, 0.2) is 41.5 Å². The standard InChI is InChI=1S/C19H21ClN2O5/c1-12(27-15-7-5-6-14(20)10-15)19(23)22-21-11-13-8-9-16(24-2)18(26-4)17(13)25-3/h5-12H,1-4H3,(H,22,23)/b21-11-/t12-/m0/s1. The van der Waals surface area contributed by atoms with Gasteiger partial charge in [0.1, 0.15) is 5.75 Å². The molecule has 0 saturated carbocycles. The SMILES string of the molecule is COc1ccc(/C=N\NC(=O)[C@H](C)Oc2cccc(Cl)c2)c(OC)c1OC. The van der Waals surface area contributed by atoms with Crippen LogP contribution in [0.4, 0.5) is 0 Å². The minimum atomic E-state index is -0.757. The molecule has 8 heteroatoms. The zero-order valence-corrected chi connectivity index (χ0v) is 16.2. The van der Waals surface area contributed by atoms with E-state index in [0.717, 1.165) is 0 Å². The number of halogens is 1. The maximum Gasteiger partial charge on any atom is 0.280 e. The number of methoxy groups -OCH3 is 3. The van der Waals surface area contributed by atoms with Crippen molar-refractivity contribution in [2.75, 3.05) is 21.3 Å². The van der Waals surface area contributed by atoms with Gasteiger partial charge in [0.15, 0.2) is 17.6 Å². The number of hydrazone groups is 1. The van der Waals surface area contributed by atoms with Gasteiger partial charge in [0.25, 0.3) is 5.91 Å². The molecule has 0 unspecified atom stereocenters. The van der Waals surface area contributed by atoms with Gasteiger partial charge in [-0.15, -0.1) is 0 Å². The predicted molar refractivity (Wildman–Crippen MR) is 103 cm³/mol. The monoisotopic (exact) mass is 392 g/mol. The fourth-order valence-corrected chi connectivity index (χ4v) is 2.46. The molecule has 0 aliphatic heterocycles. The maximum absolute atomic E-state index is 12.1. The molecule has 1 N–H and O–H groups in total. The Morgan fingerprint density at radius 1 is 1.11 bits per heavy atom. The average molecular weight is 393 g/mol. The third-order valence-corrected chi connectivity index (χ3v) is 3.83. The number of amides is 1. The molecule has 0 heterocycles. The summed E-state index contributed by atoms with van der Waals surface area (Å²) in [6, 6.07) is 10.3. The molecule has 0 spiro atoms. The lowest BCUT2D eigenvalue weighted by Crippen LogP contribution is -2.33. The van der Waals surface area contributed by atoms with Gasteiger partial charge in [-0.2, -0.15) is 5.10 Å². The third kappa shape index (κ3) is 5.27. The van der Waals surface area contributed by atoms with Gasteiger partial charge in [-0.25, -0.2) is 5.43 Å². The van der Waals surface area contributed by atoms with Crippen molar-refractivity contribution in [3.05, 3.63) is 47.0 Å². The van der Waals surface area contributed by atoms with Crippen molar-refractivity contribution in [2.24, 2.45) is 5.10 Å². The minimum absolute atomic E-state index is 0.411. The molecule has 2 aromatic carbocycles. The van der Waals surface area contributed by atoms with E-state index in [9.17, 15) is 4.79 Å². The average Bonchev–Trinajstić information content (AvgIpc) is 2.67. The zero-order chi connectivity index (χ0) is 19.8. The number of benzene rings is 2. The molecule has 27 heavy (non-hydrogen) atoms. The number of rotatable bonds is 8. The minimum Gasteiger partial charge on any atom is -0.493 e. The van der Waals surface area contributed by atoms with Gasteiger partial charge in [-0.1, -0.05) is 17.7 Å². The molecule has 7 nitrogen and oxygen atoms in total. The molecule has 144 valence electrons. The molecule has 0 fully saturated rings. The molecule has 1 amide bonds. The van der Waals surface area contributed by atoms with E-state index in [4.69, 9.17) is 30.5 Å². The molecule has 0 bridgehead atoms. The summed E-state index contributed by atoms with van der Waals surface area (Å²) < 4.78 is 21.4. The highest BCUT2D eigenvalue weighted by Gasteiger charge is 2.16. The first-order chi connectivity index (χ1) is 13.0. The highest BCUT2D eigenvalue weighted by Crippen LogP contribution is 2.38. The van der Waals surface area contributed by atoms with Crippen molar-refractivity contribution in [1.29, 1.82) is 0 Å². The number of ether oxygens (including phenoxy) is 4. The van der Waals surface area contributed by atoms with E-state index in [-0.39, 0.29) is 0 Å². The highest BCUT2D eigenvalue weighted by atomic mass is 35.5. The van der Waals surface area contributed by atoms with Crippen LogP contribution >= 0.6 is 11.6 Å². The quantitative estimate of drug-likeness (QED) is 0.551. The fourth-order valence-electron chi connectivity index (χ4n) is 2.28. The van der Waals surface area contributed by atoms with Crippen LogP contribution in [0.1, 0.15) is 12.5 Å². The molecule has 0 aromatic heterocycles. The van der Waals surface area contributed by atoms with Crippen LogP contribution in [0.2, 0.25) is 5.02 Å². The number of nitrogens with one attached hydrogen (secondary N) is 1. The Morgan fingerprint density at radius 2 is 1.85 bits per heavy atom. The lowest BCUT2D eigenvalue weighted by atomic mass is 10.2. The van der Waals surface area contributed by atoms with E-state index < -0.39 is 12.0 Å². The lowest BCUT2D eigenvalue weighted by Gasteiger charge is -2.14. The first-order valence-corrected chi connectivity index (χ1v) is 8.42. The number of hydrogen-bond acceptors (Lipinski definition) is 6. The smallest absolute Gasteiger partial charge is 0.280 e. The van der Waals surface area contributed by atoms with Gasteiger partial charge in [0.05, 0.1) is 27.5 Å². The molecular weight excluding hydrogens is 372 g/mol. The summed E-state index contributed by atoms with van der Waals surface area (Å²) in [5, 5.41) is 4.48. The molecule has 0 aliphatic carbocycles. The molecule has 0 aliphatic rings. The van der Waals surface area contributed by atoms with Crippen LogP contribution < -0.4 is 24.4 Å². The van der Waals surface area contributed by atoms with E-state index in [1.54, 1.807) is 43.3 Å². The van der Waals surface area contributed by atoms with Crippen LogP contribution in [0, 0.1) is 0 Å². The van der Waals surface area contributed by atoms with Crippen LogP contribution in [0.3, 0.4) is 0 Å². The summed E-state index contributed by atoms with van der Waals surface area (Å²) >= 11 is 5.90. The summed E-state index contributed by atoms with van der Waals surface area (Å²) in [6.45, 7) is 1.61. The number of hydrogen-bond donors (Lipinski definition) is 1. The Hall–Kier alpha value is -2.93. The Morgan fingerprint density at radius 3 is 2.48 bits per heavy atom. The number of carbonyl (C=O) groups excluding carboxylic acids is 1. The molecular formula is C19H21ClN2O5. The number of carbonyl (C=O) groups is 1. The molecule has 0 radical (unpaired) electrons. The van der Waals surface area contributed by atoms with E-state index in [0.29, 0.717) is 33.6 Å². The summed E-state index contributed by atoms with van der Waals surface area (Å²) in [6.07, 6.45) is 0.693. The second-order valence-corrected chi connectivity index (χ2v) is 5.81. The van der Waals surface area contributed by atoms with Crippen LogP contribution in [0.5, 0.6) is 23.0 Å². The topological polar surface area (TPSA) is 78.4 Å². The normalized spacial score (nSPS) is 11.7. The van der Waals surface area contributed by atoms with Crippen molar-refractivity contribution < 1.29 is 23.7 Å². The molecule has 1 atom stereocenters. The second-order valence-electron chi connectivity index (χ2n) is 5.38. The van der Waals surface area contributed by atoms with Gasteiger partial charge in [0, 0.05) is 10.6 Å².